The second-order valence-electron chi connectivity index (χ2n) is 7.95. The first kappa shape index (κ1) is 23.7. The predicted octanol–water partition coefficient (Wildman–Crippen LogP) is 3.52. The number of hydrogen-bond acceptors (Lipinski definition) is 5. The smallest absolute Gasteiger partial charge is 0.311 e. The summed E-state index contributed by atoms with van der Waals surface area (Å²) in [5.74, 6) is -1.28. The number of ether oxygens (including phenoxy) is 1. The second kappa shape index (κ2) is 10.5. The molecule has 1 unspecified atom stereocenters. The van der Waals surface area contributed by atoms with Gasteiger partial charge in [-0.3, -0.25) is 9.59 Å². The van der Waals surface area contributed by atoms with Crippen molar-refractivity contribution in [2.75, 3.05) is 7.11 Å². The number of esters is 1. The SMILES string of the molecule is COC(=O)[C@H](Cc1cccc(C(C)=N)c1)C(C)NC(=O)c1ccc(-c2cc[n+]([O-])cc2)cc1. The summed E-state index contributed by atoms with van der Waals surface area (Å²) in [6.07, 6.45) is 3.22. The van der Waals surface area contributed by atoms with E-state index in [1.54, 1.807) is 38.1 Å². The van der Waals surface area contributed by atoms with E-state index in [4.69, 9.17) is 10.1 Å². The van der Waals surface area contributed by atoms with Gasteiger partial charge < -0.3 is 20.7 Å². The lowest BCUT2D eigenvalue weighted by Gasteiger charge is -2.23. The van der Waals surface area contributed by atoms with Gasteiger partial charge in [0, 0.05) is 29.4 Å². The summed E-state index contributed by atoms with van der Waals surface area (Å²) in [6.45, 7) is 3.49. The molecule has 0 saturated carbocycles. The molecule has 0 aliphatic rings. The molecule has 1 heterocycles. The number of pyridine rings is 1. The van der Waals surface area contributed by atoms with Crippen LogP contribution >= 0.6 is 0 Å². The zero-order chi connectivity index (χ0) is 24.0. The van der Waals surface area contributed by atoms with E-state index in [-0.39, 0.29) is 5.91 Å². The highest BCUT2D eigenvalue weighted by atomic mass is 16.5. The number of benzene rings is 2. The number of nitrogens with zero attached hydrogens (tertiary/aromatic N) is 1. The van der Waals surface area contributed by atoms with Gasteiger partial charge in [0.05, 0.1) is 13.0 Å². The van der Waals surface area contributed by atoms with Gasteiger partial charge in [0.2, 0.25) is 0 Å². The molecule has 0 saturated heterocycles. The van der Waals surface area contributed by atoms with Crippen molar-refractivity contribution in [1.29, 1.82) is 5.41 Å². The highest BCUT2D eigenvalue weighted by molar-refractivity contribution is 5.96. The molecular weight excluding hydrogens is 418 g/mol. The van der Waals surface area contributed by atoms with Crippen LogP contribution in [0.3, 0.4) is 0 Å². The second-order valence-corrected chi connectivity index (χ2v) is 7.95. The molecule has 33 heavy (non-hydrogen) atoms. The van der Waals surface area contributed by atoms with Gasteiger partial charge in [-0.2, -0.15) is 4.73 Å². The van der Waals surface area contributed by atoms with Gasteiger partial charge in [-0.25, -0.2) is 0 Å². The van der Waals surface area contributed by atoms with Crippen LogP contribution in [0.5, 0.6) is 0 Å². The van der Waals surface area contributed by atoms with E-state index in [1.165, 1.54) is 19.5 Å². The van der Waals surface area contributed by atoms with Crippen molar-refractivity contribution in [1.82, 2.24) is 5.32 Å². The maximum atomic E-state index is 12.8. The molecular formula is C26H27N3O4. The summed E-state index contributed by atoms with van der Waals surface area (Å²) in [4.78, 5) is 25.3. The molecule has 2 aromatic carbocycles. The number of rotatable bonds is 8. The molecule has 3 rings (SSSR count). The Kier molecular flexibility index (Phi) is 7.56. The molecule has 1 aromatic heterocycles. The molecule has 0 spiro atoms. The molecule has 2 atom stereocenters. The van der Waals surface area contributed by atoms with E-state index in [0.717, 1.165) is 22.3 Å². The lowest BCUT2D eigenvalue weighted by atomic mass is 9.91. The molecule has 3 aromatic rings. The number of amides is 1. The third-order valence-electron chi connectivity index (χ3n) is 5.56. The van der Waals surface area contributed by atoms with Crippen molar-refractivity contribution >= 4 is 17.6 Å². The van der Waals surface area contributed by atoms with Gasteiger partial charge in [-0.1, -0.05) is 30.3 Å². The summed E-state index contributed by atoms with van der Waals surface area (Å²) < 4.78 is 5.70. The molecule has 0 aliphatic heterocycles. The third kappa shape index (κ3) is 6.04. The first-order valence-corrected chi connectivity index (χ1v) is 10.6. The molecule has 0 bridgehead atoms. The van der Waals surface area contributed by atoms with Crippen LogP contribution in [0.2, 0.25) is 0 Å². The fraction of sp³-hybridized carbons (Fsp3) is 0.231. The third-order valence-corrected chi connectivity index (χ3v) is 5.56. The van der Waals surface area contributed by atoms with Crippen molar-refractivity contribution < 1.29 is 19.1 Å². The van der Waals surface area contributed by atoms with Crippen molar-refractivity contribution in [3.63, 3.8) is 0 Å². The first-order chi connectivity index (χ1) is 15.8. The molecule has 7 nitrogen and oxygen atoms in total. The Morgan fingerprint density at radius 3 is 2.27 bits per heavy atom. The van der Waals surface area contributed by atoms with E-state index in [9.17, 15) is 14.8 Å². The summed E-state index contributed by atoms with van der Waals surface area (Å²) in [5.41, 5.74) is 4.34. The van der Waals surface area contributed by atoms with Gasteiger partial charge in [-0.05, 0) is 60.7 Å². The Hall–Kier alpha value is -4.00. The lowest BCUT2D eigenvalue weighted by molar-refractivity contribution is -0.605. The fourth-order valence-electron chi connectivity index (χ4n) is 3.61. The van der Waals surface area contributed by atoms with E-state index in [1.807, 2.05) is 36.4 Å². The van der Waals surface area contributed by atoms with Gasteiger partial charge >= 0.3 is 5.97 Å². The number of nitrogens with one attached hydrogen (secondary N) is 2. The van der Waals surface area contributed by atoms with E-state index >= 15 is 0 Å². The molecule has 0 aliphatic carbocycles. The minimum atomic E-state index is -0.581. The number of carbonyl (C=O) groups is 2. The van der Waals surface area contributed by atoms with Crippen molar-refractivity contribution in [2.24, 2.45) is 5.92 Å². The summed E-state index contributed by atoms with van der Waals surface area (Å²) in [7, 11) is 1.33. The number of methoxy groups -OCH3 is 1. The van der Waals surface area contributed by atoms with Crippen LogP contribution in [0.15, 0.2) is 73.1 Å². The number of hydrogen-bond donors (Lipinski definition) is 2. The highest BCUT2D eigenvalue weighted by Crippen LogP contribution is 2.20. The Labute approximate surface area is 193 Å². The normalized spacial score (nSPS) is 12.5. The maximum Gasteiger partial charge on any atom is 0.311 e. The molecule has 7 heteroatoms. The Morgan fingerprint density at radius 1 is 1.03 bits per heavy atom. The van der Waals surface area contributed by atoms with Gasteiger partial charge in [-0.15, -0.1) is 0 Å². The molecule has 170 valence electrons. The summed E-state index contributed by atoms with van der Waals surface area (Å²) in [5, 5.41) is 21.9. The van der Waals surface area contributed by atoms with Gasteiger partial charge in [0.15, 0.2) is 12.4 Å². The zero-order valence-corrected chi connectivity index (χ0v) is 18.9. The Morgan fingerprint density at radius 2 is 1.67 bits per heavy atom. The minimum Gasteiger partial charge on any atom is -0.619 e. The van der Waals surface area contributed by atoms with Crippen LogP contribution in [0.4, 0.5) is 0 Å². The minimum absolute atomic E-state index is 0.294. The number of carbonyl (C=O) groups excluding carboxylic acids is 2. The topological polar surface area (TPSA) is 106 Å². The average molecular weight is 446 g/mol. The summed E-state index contributed by atoms with van der Waals surface area (Å²) >= 11 is 0. The van der Waals surface area contributed by atoms with Gasteiger partial charge in [0.25, 0.3) is 5.91 Å². The largest absolute Gasteiger partial charge is 0.619 e. The van der Waals surface area contributed by atoms with E-state index in [0.29, 0.717) is 22.4 Å². The fourth-order valence-corrected chi connectivity index (χ4v) is 3.61. The van der Waals surface area contributed by atoms with Crippen LogP contribution in [0, 0.1) is 16.5 Å². The maximum absolute atomic E-state index is 12.8. The Bertz CT molecular complexity index is 1140. The number of aromatic nitrogens is 1. The Balaban J connectivity index is 1.72. The van der Waals surface area contributed by atoms with E-state index in [2.05, 4.69) is 5.32 Å². The molecule has 2 N–H and O–H groups in total. The monoisotopic (exact) mass is 445 g/mol. The van der Waals surface area contributed by atoms with Crippen LogP contribution in [-0.4, -0.2) is 30.7 Å². The lowest BCUT2D eigenvalue weighted by Crippen LogP contribution is -2.42. The van der Waals surface area contributed by atoms with Crippen LogP contribution in [0.25, 0.3) is 11.1 Å². The van der Waals surface area contributed by atoms with Crippen LogP contribution < -0.4 is 10.0 Å². The van der Waals surface area contributed by atoms with E-state index < -0.39 is 17.9 Å². The van der Waals surface area contributed by atoms with Crippen LogP contribution in [0.1, 0.15) is 35.3 Å². The van der Waals surface area contributed by atoms with Crippen molar-refractivity contribution in [3.05, 3.63) is 95.0 Å². The predicted molar refractivity (Wildman–Crippen MR) is 126 cm³/mol. The first-order valence-electron chi connectivity index (χ1n) is 10.6. The molecule has 1 amide bonds. The summed E-state index contributed by atoms with van der Waals surface area (Å²) in [6, 6.07) is 17.5. The van der Waals surface area contributed by atoms with Crippen LogP contribution in [-0.2, 0) is 16.0 Å². The quantitative estimate of drug-likeness (QED) is 0.239. The van der Waals surface area contributed by atoms with Crippen molar-refractivity contribution in [2.45, 2.75) is 26.3 Å². The standard InChI is InChI=1S/C26H27N3O4/c1-17(27)23-6-4-5-19(15-23)16-24(26(31)33-3)18(2)28-25(30)22-9-7-20(8-10-22)21-11-13-29(32)14-12-21/h4-15,18,24,27H,16H2,1-3H3,(H,28,30)/t18?,24-/m1/s1. The molecule has 0 radical (unpaired) electrons. The van der Waals surface area contributed by atoms with Crippen molar-refractivity contribution in [3.8, 4) is 11.1 Å². The molecule has 0 fully saturated rings. The zero-order valence-electron chi connectivity index (χ0n) is 18.9. The average Bonchev–Trinajstić information content (AvgIpc) is 2.82. The van der Waals surface area contributed by atoms with Gasteiger partial charge in [0.1, 0.15) is 0 Å². The highest BCUT2D eigenvalue weighted by Gasteiger charge is 2.28.